The number of nitrogens with one attached hydrogen (secondary N) is 1. The summed E-state index contributed by atoms with van der Waals surface area (Å²) in [5.41, 5.74) is 3.10. The van der Waals surface area contributed by atoms with Crippen LogP contribution in [0.2, 0.25) is 0 Å². The highest BCUT2D eigenvalue weighted by molar-refractivity contribution is 5.74. The fourth-order valence-electron chi connectivity index (χ4n) is 2.91. The Balaban J connectivity index is 1.53. The van der Waals surface area contributed by atoms with Gasteiger partial charge in [-0.2, -0.15) is 5.10 Å². The Morgan fingerprint density at radius 1 is 1.25 bits per heavy atom. The van der Waals surface area contributed by atoms with Crippen LogP contribution in [0.1, 0.15) is 24.1 Å². The third-order valence-electron chi connectivity index (χ3n) is 4.78. The predicted molar refractivity (Wildman–Crippen MR) is 108 cm³/mol. The summed E-state index contributed by atoms with van der Waals surface area (Å²) in [6, 6.07) is 15.6. The Bertz CT molecular complexity index is 893. The van der Waals surface area contributed by atoms with E-state index in [4.69, 9.17) is 4.74 Å². The van der Waals surface area contributed by atoms with Crippen LogP contribution < -0.4 is 10.1 Å². The van der Waals surface area contributed by atoms with Crippen molar-refractivity contribution in [2.45, 2.75) is 19.4 Å². The Hall–Kier alpha value is -3.35. The van der Waals surface area contributed by atoms with Gasteiger partial charge in [-0.15, -0.1) is 0 Å². The van der Waals surface area contributed by atoms with Gasteiger partial charge in [-0.1, -0.05) is 24.3 Å². The third-order valence-corrected chi connectivity index (χ3v) is 4.78. The number of amides is 2. The summed E-state index contributed by atoms with van der Waals surface area (Å²) in [7, 11) is 3.45. The maximum atomic E-state index is 12.5. The number of ether oxygens (including phenoxy) is 1. The van der Waals surface area contributed by atoms with Gasteiger partial charge in [-0.05, 0) is 48.7 Å². The largest absolute Gasteiger partial charge is 0.497 e. The minimum absolute atomic E-state index is 0.0541. The number of hydrogen-bond acceptors (Lipinski definition) is 4. The molecule has 0 saturated carbocycles. The van der Waals surface area contributed by atoms with E-state index in [9.17, 15) is 4.79 Å². The lowest BCUT2D eigenvalue weighted by molar-refractivity contribution is 0.194. The molecular formula is C21H25N5O2. The first-order valence-corrected chi connectivity index (χ1v) is 9.17. The number of urea groups is 1. The molecule has 1 N–H and O–H groups in total. The van der Waals surface area contributed by atoms with Gasteiger partial charge in [0.25, 0.3) is 0 Å². The normalized spacial score (nSPS) is 11.7. The Labute approximate surface area is 165 Å². The zero-order chi connectivity index (χ0) is 19.9. The fraction of sp³-hybridized carbons (Fsp3) is 0.286. The molecule has 0 spiro atoms. The average Bonchev–Trinajstić information content (AvgIpc) is 3.28. The molecule has 0 aliphatic rings. The van der Waals surface area contributed by atoms with Gasteiger partial charge in [0.1, 0.15) is 18.4 Å². The summed E-state index contributed by atoms with van der Waals surface area (Å²) < 4.78 is 6.93. The van der Waals surface area contributed by atoms with Gasteiger partial charge in [0.05, 0.1) is 18.8 Å². The molecule has 7 nitrogen and oxygen atoms in total. The fourth-order valence-corrected chi connectivity index (χ4v) is 2.91. The molecule has 0 bridgehead atoms. The van der Waals surface area contributed by atoms with E-state index in [0.29, 0.717) is 6.54 Å². The van der Waals surface area contributed by atoms with Crippen LogP contribution in [-0.4, -0.2) is 46.4 Å². The van der Waals surface area contributed by atoms with Crippen molar-refractivity contribution in [1.82, 2.24) is 25.0 Å². The second-order valence-electron chi connectivity index (χ2n) is 6.55. The second-order valence-corrected chi connectivity index (χ2v) is 6.55. The van der Waals surface area contributed by atoms with E-state index in [1.54, 1.807) is 30.1 Å². The van der Waals surface area contributed by atoms with E-state index in [0.717, 1.165) is 29.0 Å². The maximum Gasteiger partial charge on any atom is 0.317 e. The summed E-state index contributed by atoms with van der Waals surface area (Å²) >= 11 is 0. The van der Waals surface area contributed by atoms with E-state index < -0.39 is 0 Å². The molecule has 0 aliphatic carbocycles. The molecular weight excluding hydrogens is 354 g/mol. The first-order chi connectivity index (χ1) is 13.6. The molecule has 3 aromatic rings. The van der Waals surface area contributed by atoms with Gasteiger partial charge >= 0.3 is 6.03 Å². The molecule has 0 radical (unpaired) electrons. The number of carbonyl (C=O) groups excluding carboxylic acids is 1. The van der Waals surface area contributed by atoms with Crippen molar-refractivity contribution in [2.24, 2.45) is 0 Å². The summed E-state index contributed by atoms with van der Waals surface area (Å²) in [4.78, 5) is 18.1. The van der Waals surface area contributed by atoms with Crippen molar-refractivity contribution < 1.29 is 9.53 Å². The number of benzene rings is 2. The van der Waals surface area contributed by atoms with E-state index in [2.05, 4.69) is 15.4 Å². The second kappa shape index (κ2) is 9.03. The van der Waals surface area contributed by atoms with E-state index >= 15 is 0 Å². The van der Waals surface area contributed by atoms with Crippen LogP contribution in [0.4, 0.5) is 4.79 Å². The molecule has 28 heavy (non-hydrogen) atoms. The number of rotatable bonds is 7. The number of hydrogen-bond donors (Lipinski definition) is 1. The highest BCUT2D eigenvalue weighted by Crippen LogP contribution is 2.20. The molecule has 146 valence electrons. The predicted octanol–water partition coefficient (Wildman–Crippen LogP) is 3.22. The summed E-state index contributed by atoms with van der Waals surface area (Å²) in [5.74, 6) is 0.823. The lowest BCUT2D eigenvalue weighted by Crippen LogP contribution is -2.39. The highest BCUT2D eigenvalue weighted by atomic mass is 16.5. The van der Waals surface area contributed by atoms with Crippen molar-refractivity contribution >= 4 is 6.03 Å². The molecule has 2 amide bonds. The first-order valence-electron chi connectivity index (χ1n) is 9.17. The van der Waals surface area contributed by atoms with Crippen molar-refractivity contribution in [3.05, 3.63) is 72.3 Å². The van der Waals surface area contributed by atoms with Gasteiger partial charge in [0.2, 0.25) is 0 Å². The van der Waals surface area contributed by atoms with Crippen LogP contribution in [0.25, 0.3) is 5.69 Å². The molecule has 0 fully saturated rings. The first kappa shape index (κ1) is 19.4. The lowest BCUT2D eigenvalue weighted by Gasteiger charge is -2.25. The average molecular weight is 379 g/mol. The molecule has 0 aliphatic heterocycles. The Morgan fingerprint density at radius 3 is 2.71 bits per heavy atom. The van der Waals surface area contributed by atoms with E-state index in [1.165, 1.54) is 6.33 Å². The van der Waals surface area contributed by atoms with Crippen molar-refractivity contribution in [3.63, 3.8) is 0 Å². The number of nitrogens with zero attached hydrogens (tertiary/aromatic N) is 4. The molecule has 1 unspecified atom stereocenters. The Morgan fingerprint density at radius 2 is 2.04 bits per heavy atom. The minimum Gasteiger partial charge on any atom is -0.497 e. The van der Waals surface area contributed by atoms with Gasteiger partial charge in [0.15, 0.2) is 0 Å². The van der Waals surface area contributed by atoms with Gasteiger partial charge in [-0.3, -0.25) is 0 Å². The smallest absolute Gasteiger partial charge is 0.317 e. The number of methoxy groups -OCH3 is 1. The number of aromatic nitrogens is 3. The monoisotopic (exact) mass is 379 g/mol. The van der Waals surface area contributed by atoms with Crippen LogP contribution in [-0.2, 0) is 6.42 Å². The van der Waals surface area contributed by atoms with Crippen LogP contribution in [0, 0.1) is 0 Å². The molecule has 1 heterocycles. The molecule has 7 heteroatoms. The van der Waals surface area contributed by atoms with Crippen LogP contribution in [0.5, 0.6) is 5.75 Å². The minimum atomic E-state index is -0.101. The summed E-state index contributed by atoms with van der Waals surface area (Å²) in [6.45, 7) is 2.57. The van der Waals surface area contributed by atoms with Gasteiger partial charge in [0, 0.05) is 13.6 Å². The van der Waals surface area contributed by atoms with Gasteiger partial charge < -0.3 is 15.0 Å². The lowest BCUT2D eigenvalue weighted by atomic mass is 10.1. The topological polar surface area (TPSA) is 72.3 Å². The zero-order valence-corrected chi connectivity index (χ0v) is 16.4. The quantitative estimate of drug-likeness (QED) is 0.684. The molecule has 1 aromatic heterocycles. The van der Waals surface area contributed by atoms with E-state index in [1.807, 2.05) is 55.5 Å². The summed E-state index contributed by atoms with van der Waals surface area (Å²) in [5, 5.41) is 7.09. The highest BCUT2D eigenvalue weighted by Gasteiger charge is 2.17. The number of carbonyl (C=O) groups is 1. The zero-order valence-electron chi connectivity index (χ0n) is 16.4. The maximum absolute atomic E-state index is 12.5. The molecule has 1 atom stereocenters. The SMILES string of the molecule is COc1cccc(CCNC(=O)N(C)C(C)c2ccc(-n3cncn3)cc2)c1. The molecule has 2 aromatic carbocycles. The van der Waals surface area contributed by atoms with Crippen LogP contribution >= 0.6 is 0 Å². The molecule has 0 saturated heterocycles. The van der Waals surface area contributed by atoms with Crippen molar-refractivity contribution in [1.29, 1.82) is 0 Å². The van der Waals surface area contributed by atoms with Crippen molar-refractivity contribution in [3.8, 4) is 11.4 Å². The van der Waals surface area contributed by atoms with Crippen LogP contribution in [0.15, 0.2) is 61.2 Å². The van der Waals surface area contributed by atoms with Crippen molar-refractivity contribution in [2.75, 3.05) is 20.7 Å². The van der Waals surface area contributed by atoms with Gasteiger partial charge in [-0.25, -0.2) is 14.5 Å². The van der Waals surface area contributed by atoms with E-state index in [-0.39, 0.29) is 12.1 Å². The summed E-state index contributed by atoms with van der Waals surface area (Å²) in [6.07, 6.45) is 3.90. The standard InChI is InChI=1S/C21H25N5O2/c1-16(18-7-9-19(10-8-18)26-15-22-14-24-26)25(2)21(27)23-12-11-17-5-4-6-20(13-17)28-3/h4-10,13-16H,11-12H2,1-3H3,(H,23,27). The third kappa shape index (κ3) is 4.68. The van der Waals surface area contributed by atoms with Crippen LogP contribution in [0.3, 0.4) is 0 Å². The Kier molecular flexibility index (Phi) is 6.26. The molecule has 3 rings (SSSR count).